The average molecular weight is 544 g/mol. The summed E-state index contributed by atoms with van der Waals surface area (Å²) in [5.41, 5.74) is 4.02. The number of nitrogens with one attached hydrogen (secondary N) is 2. The van der Waals surface area contributed by atoms with Gasteiger partial charge in [-0.25, -0.2) is 10.2 Å². The minimum Gasteiger partial charge on any atom is -0.494 e. The Morgan fingerprint density at radius 2 is 1.62 bits per heavy atom. The summed E-state index contributed by atoms with van der Waals surface area (Å²) in [5.74, 6) is -1.34. The van der Waals surface area contributed by atoms with E-state index in [-0.39, 0.29) is 5.13 Å². The zero-order valence-electron chi connectivity index (χ0n) is 21.0. The van der Waals surface area contributed by atoms with E-state index in [1.807, 2.05) is 30.3 Å². The number of hydrazone groups is 1. The number of esters is 1. The molecule has 4 rings (SSSR count). The standard InChI is InChI=1S/C28H25N5O5S/c1-2-3-17-37-22-15-11-21(12-16-22)27(36)38-23-13-9-19(10-14-23)18-29-31-25(35)24(34)30-28-33-32-26(39-28)20-7-5-4-6-8-20/h4-16,18H,2-3,17H2,1H3,(H,31,35)(H,30,33,34)/b29-18+. The Balaban J connectivity index is 1.23. The first-order valence-electron chi connectivity index (χ1n) is 12.1. The minimum absolute atomic E-state index is 0.194. The number of hydrogen-bond acceptors (Lipinski definition) is 9. The summed E-state index contributed by atoms with van der Waals surface area (Å²) in [6.07, 6.45) is 3.36. The lowest BCUT2D eigenvalue weighted by Gasteiger charge is -2.07. The highest BCUT2D eigenvalue weighted by atomic mass is 32.1. The predicted molar refractivity (Wildman–Crippen MR) is 148 cm³/mol. The molecule has 0 bridgehead atoms. The van der Waals surface area contributed by atoms with Gasteiger partial charge in [-0.1, -0.05) is 55.0 Å². The lowest BCUT2D eigenvalue weighted by molar-refractivity contribution is -0.136. The number of rotatable bonds is 10. The number of carbonyl (C=O) groups excluding carboxylic acids is 3. The molecule has 0 fully saturated rings. The van der Waals surface area contributed by atoms with Crippen molar-refractivity contribution in [2.45, 2.75) is 19.8 Å². The zero-order chi connectivity index (χ0) is 27.5. The minimum atomic E-state index is -0.963. The Labute approximate surface area is 228 Å². The maximum absolute atomic E-state index is 12.4. The van der Waals surface area contributed by atoms with Crippen molar-refractivity contribution < 1.29 is 23.9 Å². The van der Waals surface area contributed by atoms with Gasteiger partial charge in [0.05, 0.1) is 18.4 Å². The second-order valence-electron chi connectivity index (χ2n) is 8.12. The fourth-order valence-electron chi connectivity index (χ4n) is 3.15. The second-order valence-corrected chi connectivity index (χ2v) is 9.09. The van der Waals surface area contributed by atoms with Crippen molar-refractivity contribution in [3.63, 3.8) is 0 Å². The molecule has 0 aliphatic carbocycles. The number of ether oxygens (including phenoxy) is 2. The molecule has 10 nitrogen and oxygen atoms in total. The van der Waals surface area contributed by atoms with E-state index in [4.69, 9.17) is 9.47 Å². The fourth-order valence-corrected chi connectivity index (χ4v) is 3.89. The van der Waals surface area contributed by atoms with Gasteiger partial charge in [-0.05, 0) is 60.5 Å². The van der Waals surface area contributed by atoms with Crippen molar-refractivity contribution in [3.8, 4) is 22.1 Å². The van der Waals surface area contributed by atoms with Crippen molar-refractivity contribution in [2.24, 2.45) is 5.10 Å². The first kappa shape index (κ1) is 27.1. The number of amides is 2. The normalized spacial score (nSPS) is 10.7. The van der Waals surface area contributed by atoms with Crippen LogP contribution >= 0.6 is 11.3 Å². The van der Waals surface area contributed by atoms with Gasteiger partial charge in [0.1, 0.15) is 16.5 Å². The zero-order valence-corrected chi connectivity index (χ0v) is 21.8. The topological polar surface area (TPSA) is 132 Å². The summed E-state index contributed by atoms with van der Waals surface area (Å²) in [4.78, 5) is 36.6. The van der Waals surface area contributed by atoms with E-state index in [0.29, 0.717) is 34.2 Å². The highest BCUT2D eigenvalue weighted by molar-refractivity contribution is 7.18. The Hall–Kier alpha value is -4.90. The molecule has 2 N–H and O–H groups in total. The Morgan fingerprint density at radius 1 is 0.897 bits per heavy atom. The summed E-state index contributed by atoms with van der Waals surface area (Å²) in [6.45, 7) is 2.72. The summed E-state index contributed by atoms with van der Waals surface area (Å²) in [6, 6.07) is 22.6. The number of hydrogen-bond donors (Lipinski definition) is 2. The molecular weight excluding hydrogens is 518 g/mol. The molecule has 0 unspecified atom stereocenters. The summed E-state index contributed by atoms with van der Waals surface area (Å²) < 4.78 is 11.0. The SMILES string of the molecule is CCCCOc1ccc(C(=O)Oc2ccc(/C=N/NC(=O)C(=O)Nc3nnc(-c4ccccc4)s3)cc2)cc1. The number of aromatic nitrogens is 2. The Morgan fingerprint density at radius 3 is 2.33 bits per heavy atom. The van der Waals surface area contributed by atoms with E-state index < -0.39 is 17.8 Å². The van der Waals surface area contributed by atoms with Gasteiger partial charge in [0.15, 0.2) is 0 Å². The van der Waals surface area contributed by atoms with Gasteiger partial charge in [-0.15, -0.1) is 10.2 Å². The first-order chi connectivity index (χ1) is 19.0. The van der Waals surface area contributed by atoms with Gasteiger partial charge in [0, 0.05) is 5.56 Å². The molecular formula is C28H25N5O5S. The van der Waals surface area contributed by atoms with Crippen molar-refractivity contribution in [2.75, 3.05) is 11.9 Å². The lowest BCUT2D eigenvalue weighted by atomic mass is 10.2. The number of nitrogens with zero attached hydrogens (tertiary/aromatic N) is 3. The van der Waals surface area contributed by atoms with Crippen molar-refractivity contribution in [1.29, 1.82) is 0 Å². The molecule has 3 aromatic carbocycles. The second kappa shape index (κ2) is 13.6. The maximum Gasteiger partial charge on any atom is 0.343 e. The lowest BCUT2D eigenvalue weighted by Crippen LogP contribution is -2.32. The van der Waals surface area contributed by atoms with Gasteiger partial charge < -0.3 is 9.47 Å². The molecule has 0 saturated carbocycles. The predicted octanol–water partition coefficient (Wildman–Crippen LogP) is 4.69. The van der Waals surface area contributed by atoms with Crippen LogP contribution in [0, 0.1) is 0 Å². The van der Waals surface area contributed by atoms with Crippen molar-refractivity contribution >= 4 is 40.5 Å². The van der Waals surface area contributed by atoms with Gasteiger partial charge in [0.2, 0.25) is 5.13 Å². The molecule has 4 aromatic rings. The Kier molecular flexibility index (Phi) is 9.46. The molecule has 0 aliphatic heterocycles. The monoisotopic (exact) mass is 543 g/mol. The molecule has 0 radical (unpaired) electrons. The molecule has 0 spiro atoms. The van der Waals surface area contributed by atoms with Crippen LogP contribution < -0.4 is 20.2 Å². The number of benzene rings is 3. The van der Waals surface area contributed by atoms with Crippen LogP contribution in [0.15, 0.2) is 84.0 Å². The van der Waals surface area contributed by atoms with Crippen LogP contribution in [0.1, 0.15) is 35.7 Å². The van der Waals surface area contributed by atoms with Gasteiger partial charge >= 0.3 is 17.8 Å². The van der Waals surface area contributed by atoms with E-state index in [1.165, 1.54) is 6.21 Å². The number of anilines is 1. The van der Waals surface area contributed by atoms with Crippen LogP contribution in [0.25, 0.3) is 10.6 Å². The van der Waals surface area contributed by atoms with E-state index in [2.05, 4.69) is 33.0 Å². The number of carbonyl (C=O) groups is 3. The van der Waals surface area contributed by atoms with Gasteiger partial charge in [-0.3, -0.25) is 14.9 Å². The quantitative estimate of drug-likeness (QED) is 0.0740. The average Bonchev–Trinajstić information content (AvgIpc) is 3.43. The third-order valence-corrected chi connectivity index (χ3v) is 6.09. The van der Waals surface area contributed by atoms with Crippen molar-refractivity contribution in [3.05, 3.63) is 90.0 Å². The van der Waals surface area contributed by atoms with E-state index in [1.54, 1.807) is 48.5 Å². The maximum atomic E-state index is 12.4. The summed E-state index contributed by atoms with van der Waals surface area (Å²) >= 11 is 1.15. The van der Waals surface area contributed by atoms with Gasteiger partial charge in [0.25, 0.3) is 0 Å². The molecule has 0 atom stereocenters. The van der Waals surface area contributed by atoms with E-state index in [9.17, 15) is 14.4 Å². The van der Waals surface area contributed by atoms with Crippen molar-refractivity contribution in [1.82, 2.24) is 15.6 Å². The van der Waals surface area contributed by atoms with Crippen LogP contribution in [-0.4, -0.2) is 40.8 Å². The highest BCUT2D eigenvalue weighted by Crippen LogP contribution is 2.25. The van der Waals surface area contributed by atoms with E-state index in [0.717, 1.165) is 29.7 Å². The Bertz CT molecular complexity index is 1440. The summed E-state index contributed by atoms with van der Waals surface area (Å²) in [7, 11) is 0. The van der Waals surface area contributed by atoms with Crippen LogP contribution in [0.5, 0.6) is 11.5 Å². The van der Waals surface area contributed by atoms with Crippen LogP contribution in [0.2, 0.25) is 0 Å². The molecule has 2 amide bonds. The molecule has 11 heteroatoms. The van der Waals surface area contributed by atoms with E-state index >= 15 is 0 Å². The smallest absolute Gasteiger partial charge is 0.343 e. The van der Waals surface area contributed by atoms with Crippen LogP contribution in [0.4, 0.5) is 5.13 Å². The van der Waals surface area contributed by atoms with Gasteiger partial charge in [-0.2, -0.15) is 5.10 Å². The molecule has 1 aromatic heterocycles. The summed E-state index contributed by atoms with van der Waals surface area (Å²) in [5, 5.41) is 14.9. The fraction of sp³-hybridized carbons (Fsp3) is 0.143. The largest absolute Gasteiger partial charge is 0.494 e. The number of unbranched alkanes of at least 4 members (excludes halogenated alkanes) is 1. The third-order valence-electron chi connectivity index (χ3n) is 5.20. The molecule has 0 saturated heterocycles. The molecule has 0 aliphatic rings. The molecule has 39 heavy (non-hydrogen) atoms. The first-order valence-corrected chi connectivity index (χ1v) is 12.9. The van der Waals surface area contributed by atoms with Crippen LogP contribution in [-0.2, 0) is 9.59 Å². The molecule has 1 heterocycles. The van der Waals surface area contributed by atoms with Crippen LogP contribution in [0.3, 0.4) is 0 Å². The third kappa shape index (κ3) is 8.04. The highest BCUT2D eigenvalue weighted by Gasteiger charge is 2.16. The molecule has 198 valence electrons.